The summed E-state index contributed by atoms with van der Waals surface area (Å²) in [7, 11) is -3.58. The van der Waals surface area contributed by atoms with Gasteiger partial charge in [-0.05, 0) is 38.1 Å². The number of nitrogens with one attached hydrogen (secondary N) is 2. The van der Waals surface area contributed by atoms with Gasteiger partial charge in [-0.15, -0.1) is 6.58 Å². The van der Waals surface area contributed by atoms with Crippen LogP contribution in [0.15, 0.2) is 41.8 Å². The summed E-state index contributed by atoms with van der Waals surface area (Å²) in [6, 6.07) is 5.87. The van der Waals surface area contributed by atoms with Crippen LogP contribution in [-0.4, -0.2) is 64.2 Å². The Hall–Kier alpha value is -1.74. The summed E-state index contributed by atoms with van der Waals surface area (Å²) in [5, 5.41) is 2.87. The topological polar surface area (TPSA) is 87.7 Å². The lowest BCUT2D eigenvalue weighted by Gasteiger charge is -2.35. The molecule has 0 bridgehead atoms. The van der Waals surface area contributed by atoms with Gasteiger partial charge in [-0.3, -0.25) is 9.69 Å². The molecule has 0 saturated carbocycles. The molecule has 0 spiro atoms. The molecule has 2 N–H and O–H groups in total. The van der Waals surface area contributed by atoms with Crippen molar-refractivity contribution in [2.24, 2.45) is 0 Å². The smallest absolute Gasteiger partial charge is 0.251 e. The minimum atomic E-state index is -3.58. The van der Waals surface area contributed by atoms with Crippen molar-refractivity contribution in [1.29, 1.82) is 0 Å². The molecule has 144 valence electrons. The van der Waals surface area contributed by atoms with Crippen LogP contribution >= 0.6 is 0 Å². The van der Waals surface area contributed by atoms with Gasteiger partial charge in [-0.1, -0.05) is 6.08 Å². The van der Waals surface area contributed by atoms with Crippen LogP contribution in [0.2, 0.25) is 0 Å². The molecule has 1 aliphatic heterocycles. The largest absolute Gasteiger partial charge is 0.373 e. The van der Waals surface area contributed by atoms with Crippen molar-refractivity contribution >= 4 is 15.9 Å². The molecule has 0 aromatic heterocycles. The number of nitrogens with zero attached hydrogens (tertiary/aromatic N) is 1. The van der Waals surface area contributed by atoms with Crippen LogP contribution in [-0.2, 0) is 14.8 Å². The summed E-state index contributed by atoms with van der Waals surface area (Å²) in [5.41, 5.74) is 0.427. The molecule has 1 saturated heterocycles. The highest BCUT2D eigenvalue weighted by Gasteiger charge is 2.21. The maximum Gasteiger partial charge on any atom is 0.251 e. The molecule has 1 fully saturated rings. The number of amides is 1. The van der Waals surface area contributed by atoms with Crippen LogP contribution in [0, 0.1) is 0 Å². The summed E-state index contributed by atoms with van der Waals surface area (Å²) in [6.07, 6.45) is 1.85. The molecule has 2 unspecified atom stereocenters. The predicted molar refractivity (Wildman–Crippen MR) is 101 cm³/mol. The van der Waals surface area contributed by atoms with E-state index < -0.39 is 10.0 Å². The van der Waals surface area contributed by atoms with E-state index in [0.717, 1.165) is 19.6 Å². The highest BCUT2D eigenvalue weighted by molar-refractivity contribution is 7.89. The Bertz CT molecular complexity index is 708. The molecule has 2 atom stereocenters. The highest BCUT2D eigenvalue weighted by Crippen LogP contribution is 2.11. The van der Waals surface area contributed by atoms with Gasteiger partial charge in [0.05, 0.1) is 17.1 Å². The molecule has 0 radical (unpaired) electrons. The third kappa shape index (κ3) is 5.91. The zero-order valence-corrected chi connectivity index (χ0v) is 16.1. The number of benzene rings is 1. The number of carbonyl (C=O) groups excluding carboxylic acids is 1. The molecular formula is C18H27N3O4S. The van der Waals surface area contributed by atoms with E-state index in [2.05, 4.69) is 21.5 Å². The van der Waals surface area contributed by atoms with E-state index in [4.69, 9.17) is 4.74 Å². The Labute approximate surface area is 155 Å². The molecular weight excluding hydrogens is 354 g/mol. The number of sulfonamides is 1. The van der Waals surface area contributed by atoms with Gasteiger partial charge in [0.1, 0.15) is 0 Å². The molecule has 0 aliphatic carbocycles. The third-order valence-corrected chi connectivity index (χ3v) is 5.49. The summed E-state index contributed by atoms with van der Waals surface area (Å²) < 4.78 is 32.1. The van der Waals surface area contributed by atoms with Gasteiger partial charge in [-0.2, -0.15) is 0 Å². The second-order valence-electron chi connectivity index (χ2n) is 6.44. The van der Waals surface area contributed by atoms with Gasteiger partial charge in [0.2, 0.25) is 10.0 Å². The fraction of sp³-hybridized carbons (Fsp3) is 0.500. The standard InChI is InChI=1S/C18H27N3O4S/c1-4-9-20-26(23,24)17-7-5-16(6-8-17)18(22)19-10-11-21-12-14(2)25-15(3)13-21/h4-8,14-15,20H,1,9-13H2,2-3H3,(H,19,22). The Morgan fingerprint density at radius 2 is 1.88 bits per heavy atom. The van der Waals surface area contributed by atoms with Crippen LogP contribution in [0.3, 0.4) is 0 Å². The molecule has 1 aliphatic rings. The van der Waals surface area contributed by atoms with Gasteiger partial charge in [-0.25, -0.2) is 13.1 Å². The number of ether oxygens (including phenoxy) is 1. The van der Waals surface area contributed by atoms with Crippen LogP contribution in [0.25, 0.3) is 0 Å². The van der Waals surface area contributed by atoms with E-state index in [-0.39, 0.29) is 29.6 Å². The zero-order valence-electron chi connectivity index (χ0n) is 15.3. The Kier molecular flexibility index (Phi) is 7.33. The van der Waals surface area contributed by atoms with Crippen molar-refractivity contribution in [1.82, 2.24) is 14.9 Å². The molecule has 2 rings (SSSR count). The SMILES string of the molecule is C=CCNS(=O)(=O)c1ccc(C(=O)NCCN2CC(C)OC(C)C2)cc1. The second-order valence-corrected chi connectivity index (χ2v) is 8.20. The monoisotopic (exact) mass is 381 g/mol. The second kappa shape index (κ2) is 9.27. The molecule has 1 heterocycles. The van der Waals surface area contributed by atoms with Crippen LogP contribution in [0.4, 0.5) is 0 Å². The number of rotatable bonds is 8. The van der Waals surface area contributed by atoms with Crippen molar-refractivity contribution in [2.45, 2.75) is 31.0 Å². The van der Waals surface area contributed by atoms with E-state index in [1.165, 1.54) is 30.3 Å². The van der Waals surface area contributed by atoms with Gasteiger partial charge < -0.3 is 10.1 Å². The predicted octanol–water partition coefficient (Wildman–Crippen LogP) is 0.990. The first-order valence-corrected chi connectivity index (χ1v) is 10.2. The average Bonchev–Trinajstić information content (AvgIpc) is 2.59. The van der Waals surface area contributed by atoms with E-state index in [1.807, 2.05) is 13.8 Å². The van der Waals surface area contributed by atoms with E-state index >= 15 is 0 Å². The van der Waals surface area contributed by atoms with Crippen molar-refractivity contribution in [2.75, 3.05) is 32.7 Å². The lowest BCUT2D eigenvalue weighted by Crippen LogP contribution is -2.47. The lowest BCUT2D eigenvalue weighted by atomic mass is 10.2. The fourth-order valence-electron chi connectivity index (χ4n) is 2.93. The Balaban J connectivity index is 1.85. The van der Waals surface area contributed by atoms with Crippen molar-refractivity contribution < 1.29 is 17.9 Å². The summed E-state index contributed by atoms with van der Waals surface area (Å²) >= 11 is 0. The molecule has 1 amide bonds. The summed E-state index contributed by atoms with van der Waals surface area (Å²) in [4.78, 5) is 14.6. The number of hydrogen-bond acceptors (Lipinski definition) is 5. The first-order valence-electron chi connectivity index (χ1n) is 8.68. The lowest BCUT2D eigenvalue weighted by molar-refractivity contribution is -0.0672. The van der Waals surface area contributed by atoms with Gasteiger partial charge in [0.25, 0.3) is 5.91 Å². The summed E-state index contributed by atoms with van der Waals surface area (Å²) in [6.45, 7) is 10.7. The fourth-order valence-corrected chi connectivity index (χ4v) is 3.93. The van der Waals surface area contributed by atoms with E-state index in [9.17, 15) is 13.2 Å². The number of hydrogen-bond donors (Lipinski definition) is 2. The molecule has 8 heteroatoms. The molecule has 1 aromatic carbocycles. The minimum Gasteiger partial charge on any atom is -0.373 e. The molecule has 1 aromatic rings. The first kappa shape index (κ1) is 20.6. The normalized spacial score (nSPS) is 21.3. The number of carbonyl (C=O) groups is 1. The maximum atomic E-state index is 12.2. The molecule has 26 heavy (non-hydrogen) atoms. The minimum absolute atomic E-state index is 0.118. The van der Waals surface area contributed by atoms with Crippen LogP contribution in [0.1, 0.15) is 24.2 Å². The van der Waals surface area contributed by atoms with E-state index in [0.29, 0.717) is 12.1 Å². The van der Waals surface area contributed by atoms with Gasteiger partial charge in [0.15, 0.2) is 0 Å². The highest BCUT2D eigenvalue weighted by atomic mass is 32.2. The van der Waals surface area contributed by atoms with Crippen molar-refractivity contribution in [3.8, 4) is 0 Å². The maximum absolute atomic E-state index is 12.2. The van der Waals surface area contributed by atoms with Crippen molar-refractivity contribution in [3.05, 3.63) is 42.5 Å². The average molecular weight is 381 g/mol. The quantitative estimate of drug-likeness (QED) is 0.656. The van der Waals surface area contributed by atoms with Crippen LogP contribution in [0.5, 0.6) is 0 Å². The van der Waals surface area contributed by atoms with Crippen LogP contribution < -0.4 is 10.0 Å². The summed E-state index contributed by atoms with van der Waals surface area (Å²) in [5.74, 6) is -0.220. The van der Waals surface area contributed by atoms with Crippen molar-refractivity contribution in [3.63, 3.8) is 0 Å². The molecule has 7 nitrogen and oxygen atoms in total. The first-order chi connectivity index (χ1) is 12.3. The zero-order chi connectivity index (χ0) is 19.2. The Morgan fingerprint density at radius 1 is 1.27 bits per heavy atom. The van der Waals surface area contributed by atoms with Gasteiger partial charge in [0, 0.05) is 38.3 Å². The Morgan fingerprint density at radius 3 is 2.46 bits per heavy atom. The van der Waals surface area contributed by atoms with E-state index in [1.54, 1.807) is 0 Å². The van der Waals surface area contributed by atoms with Gasteiger partial charge >= 0.3 is 0 Å². The number of morpholine rings is 1. The third-order valence-electron chi connectivity index (χ3n) is 4.05.